The Labute approximate surface area is 267 Å². The number of rotatable bonds is 15. The first-order valence-electron chi connectivity index (χ1n) is 15.4. The van der Waals surface area contributed by atoms with Crippen LogP contribution in [0.25, 0.3) is 5.57 Å². The number of aliphatic hydroxyl groups is 2. The van der Waals surface area contributed by atoms with Crippen molar-refractivity contribution in [1.82, 2.24) is 5.32 Å². The Morgan fingerprint density at radius 2 is 1.82 bits per heavy atom. The number of phenolic OH excluding ortho intramolecular Hbond substituents is 1. The highest BCUT2D eigenvalue weighted by atomic mass is 16.5. The highest BCUT2D eigenvalue weighted by molar-refractivity contribution is 6.02. The van der Waals surface area contributed by atoms with E-state index < -0.39 is 18.4 Å². The molecule has 2 aliphatic carbocycles. The summed E-state index contributed by atoms with van der Waals surface area (Å²) in [7, 11) is 0. The van der Waals surface area contributed by atoms with Crippen molar-refractivity contribution in [3.63, 3.8) is 0 Å². The number of nitrogens with one attached hydrogen (secondary N) is 1. The Kier molecular flexibility index (Phi) is 15.8. The number of carbonyl (C=O) groups is 4. The molecule has 1 aromatic carbocycles. The zero-order valence-corrected chi connectivity index (χ0v) is 26.2. The van der Waals surface area contributed by atoms with Crippen LogP contribution in [0.5, 0.6) is 5.75 Å². The normalized spacial score (nSPS) is 21.4. The van der Waals surface area contributed by atoms with Crippen molar-refractivity contribution in [3.05, 3.63) is 70.9 Å². The number of phenols is 1. The number of aliphatic hydroxyl groups excluding tert-OH is 2. The van der Waals surface area contributed by atoms with Gasteiger partial charge in [0, 0.05) is 28.3 Å². The number of esters is 1. The molecule has 0 aromatic heterocycles. The van der Waals surface area contributed by atoms with E-state index >= 15 is 0 Å². The molecule has 10 heteroatoms. The van der Waals surface area contributed by atoms with Crippen LogP contribution in [-0.4, -0.2) is 77.0 Å². The Hall–Kier alpha value is -3.70. The number of hydrogen-bond acceptors (Lipinski definition) is 9. The summed E-state index contributed by atoms with van der Waals surface area (Å²) < 4.78 is 4.99. The summed E-state index contributed by atoms with van der Waals surface area (Å²) in [5, 5.41) is 33.6. The lowest BCUT2D eigenvalue weighted by atomic mass is 9.72. The van der Waals surface area contributed by atoms with Crippen LogP contribution in [-0.2, 0) is 25.5 Å². The number of ether oxygens (including phenoxy) is 1. The van der Waals surface area contributed by atoms with Crippen LogP contribution < -0.4 is 5.32 Å². The van der Waals surface area contributed by atoms with Gasteiger partial charge in [0.05, 0.1) is 31.7 Å². The standard InChI is InChI=1S/C35H45NO8.H2O.2H2/c1-3-44-34(43)21-36-20-24-8-6-4-5-7-9-26(11-10-24)28-12-13-31(40)35-29(28)18-25(19-33(35)42)17-27(14-15-37)30(22-38)32(41)16-23(2)39;;;/h4-7,10-13,25,27,30,36-38,40H,3,8-9,14-22H2,1-2H3;1H2;2*1H/b6-4-,7-5-,24-10+,26-11+;;;. The molecule has 3 rings (SSSR count). The van der Waals surface area contributed by atoms with Crippen LogP contribution in [0, 0.1) is 17.8 Å². The lowest BCUT2D eigenvalue weighted by molar-refractivity contribution is -0.142. The second-order valence-electron chi connectivity index (χ2n) is 11.5. The second kappa shape index (κ2) is 19.0. The predicted molar refractivity (Wildman–Crippen MR) is 176 cm³/mol. The maximum absolute atomic E-state index is 13.4. The van der Waals surface area contributed by atoms with Crippen molar-refractivity contribution < 1.29 is 47.6 Å². The molecule has 250 valence electrons. The molecule has 0 amide bonds. The number of fused-ring (bicyclic) bond motifs is 1. The Balaban J connectivity index is 0.00000705. The summed E-state index contributed by atoms with van der Waals surface area (Å²) in [6, 6.07) is 3.38. The Bertz CT molecular complexity index is 1340. The van der Waals surface area contributed by atoms with Crippen LogP contribution in [0.2, 0.25) is 0 Å². The van der Waals surface area contributed by atoms with Gasteiger partial charge in [-0.1, -0.05) is 48.1 Å². The van der Waals surface area contributed by atoms with Crippen molar-refractivity contribution in [2.24, 2.45) is 17.8 Å². The van der Waals surface area contributed by atoms with E-state index in [0.29, 0.717) is 44.4 Å². The van der Waals surface area contributed by atoms with E-state index in [9.17, 15) is 34.5 Å². The maximum atomic E-state index is 13.4. The van der Waals surface area contributed by atoms with Crippen molar-refractivity contribution in [2.75, 3.05) is 32.9 Å². The van der Waals surface area contributed by atoms with E-state index in [4.69, 9.17) is 4.74 Å². The highest BCUT2D eigenvalue weighted by Crippen LogP contribution is 2.40. The monoisotopic (exact) mass is 629 g/mol. The molecule has 3 unspecified atom stereocenters. The maximum Gasteiger partial charge on any atom is 0.319 e. The minimum absolute atomic E-state index is 0. The number of ketones is 3. The fraction of sp³-hybridized carbons (Fsp3) is 0.486. The minimum Gasteiger partial charge on any atom is -0.507 e. The number of benzene rings is 1. The van der Waals surface area contributed by atoms with Gasteiger partial charge in [-0.05, 0) is 80.6 Å². The van der Waals surface area contributed by atoms with Crippen molar-refractivity contribution in [2.45, 2.75) is 58.8 Å². The third-order valence-electron chi connectivity index (χ3n) is 8.17. The number of carbonyl (C=O) groups excluding carboxylic acids is 4. The lowest BCUT2D eigenvalue weighted by Gasteiger charge is -2.32. The van der Waals surface area contributed by atoms with Gasteiger partial charge >= 0.3 is 5.97 Å². The van der Waals surface area contributed by atoms with Crippen molar-refractivity contribution >= 4 is 28.9 Å². The summed E-state index contributed by atoms with van der Waals surface area (Å²) in [4.78, 5) is 49.5. The molecule has 0 radical (unpaired) electrons. The molecule has 0 saturated carbocycles. The average molecular weight is 630 g/mol. The van der Waals surface area contributed by atoms with Crippen LogP contribution in [0.1, 0.15) is 76.7 Å². The molecular formula is C35H51NO9. The number of aromatic hydroxyl groups is 1. The first kappa shape index (κ1) is 37.5. The van der Waals surface area contributed by atoms with E-state index in [1.54, 1.807) is 13.0 Å². The zero-order chi connectivity index (χ0) is 32.1. The van der Waals surface area contributed by atoms with E-state index in [-0.39, 0.29) is 75.7 Å². The number of hydrogen-bond donors (Lipinski definition) is 4. The fourth-order valence-corrected chi connectivity index (χ4v) is 6.11. The third-order valence-corrected chi connectivity index (χ3v) is 8.17. The molecule has 0 saturated heterocycles. The Morgan fingerprint density at radius 3 is 2.49 bits per heavy atom. The largest absolute Gasteiger partial charge is 0.507 e. The summed E-state index contributed by atoms with van der Waals surface area (Å²) in [6.45, 7) is 3.40. The smallest absolute Gasteiger partial charge is 0.319 e. The first-order chi connectivity index (χ1) is 21.2. The molecule has 45 heavy (non-hydrogen) atoms. The van der Waals surface area contributed by atoms with Gasteiger partial charge < -0.3 is 30.8 Å². The van der Waals surface area contributed by atoms with Gasteiger partial charge in [-0.2, -0.15) is 0 Å². The molecule has 0 fully saturated rings. The molecule has 0 aliphatic heterocycles. The quantitative estimate of drug-likeness (QED) is 0.166. The molecule has 6 N–H and O–H groups in total. The van der Waals surface area contributed by atoms with Crippen molar-refractivity contribution in [3.8, 4) is 5.75 Å². The molecule has 1 aromatic rings. The van der Waals surface area contributed by atoms with Gasteiger partial charge in [0.25, 0.3) is 0 Å². The van der Waals surface area contributed by atoms with Gasteiger partial charge in [0.2, 0.25) is 0 Å². The van der Waals surface area contributed by atoms with Gasteiger partial charge in [0.15, 0.2) is 5.78 Å². The summed E-state index contributed by atoms with van der Waals surface area (Å²) in [6.07, 6.45) is 14.4. The molecule has 3 atom stereocenters. The topological polar surface area (TPSA) is 182 Å². The van der Waals surface area contributed by atoms with Crippen LogP contribution in [0.4, 0.5) is 0 Å². The number of Topliss-reactive ketones (excluding diaryl/α,β-unsaturated/α-hetero) is 3. The molecule has 0 bridgehead atoms. The van der Waals surface area contributed by atoms with Crippen molar-refractivity contribution in [1.29, 1.82) is 0 Å². The summed E-state index contributed by atoms with van der Waals surface area (Å²) in [5.74, 6) is -2.58. The SMILES string of the molecule is CCOC(=O)CNC/C1=C/C=C(/c2ccc(O)c3c2CC(CC(CCO)C(CO)C(=O)CC(C)=O)CC3=O)C/C=C\C=C/C1.O.[HH].[HH]. The second-order valence-corrected chi connectivity index (χ2v) is 11.5. The third kappa shape index (κ3) is 11.0. The van der Waals surface area contributed by atoms with Gasteiger partial charge in [-0.25, -0.2) is 0 Å². The molecule has 0 heterocycles. The van der Waals surface area contributed by atoms with Crippen LogP contribution in [0.15, 0.2) is 54.2 Å². The summed E-state index contributed by atoms with van der Waals surface area (Å²) in [5.41, 5.74) is 3.92. The summed E-state index contributed by atoms with van der Waals surface area (Å²) >= 11 is 0. The Morgan fingerprint density at radius 1 is 1.09 bits per heavy atom. The molecular weight excluding hydrogens is 578 g/mol. The van der Waals surface area contributed by atoms with Crippen LogP contribution >= 0.6 is 0 Å². The van der Waals surface area contributed by atoms with E-state index in [1.807, 2.05) is 42.5 Å². The van der Waals surface area contributed by atoms with E-state index in [0.717, 1.165) is 22.3 Å². The fourth-order valence-electron chi connectivity index (χ4n) is 6.11. The zero-order valence-electron chi connectivity index (χ0n) is 26.2. The molecule has 2 aliphatic rings. The molecule has 0 spiro atoms. The van der Waals surface area contributed by atoms with Gasteiger partial charge in [0.1, 0.15) is 17.3 Å². The van der Waals surface area contributed by atoms with Gasteiger partial charge in [-0.3, -0.25) is 19.2 Å². The average Bonchev–Trinajstić information content (AvgIpc) is 2.96. The van der Waals surface area contributed by atoms with E-state index in [2.05, 4.69) is 5.32 Å². The number of allylic oxidation sites excluding steroid dienone is 7. The van der Waals surface area contributed by atoms with E-state index in [1.165, 1.54) is 6.92 Å². The molecule has 10 nitrogen and oxygen atoms in total. The lowest BCUT2D eigenvalue weighted by Crippen LogP contribution is -2.32. The predicted octanol–water partition coefficient (Wildman–Crippen LogP) is 3.72. The van der Waals surface area contributed by atoms with Gasteiger partial charge in [-0.15, -0.1) is 0 Å². The van der Waals surface area contributed by atoms with Crippen LogP contribution in [0.3, 0.4) is 0 Å². The first-order valence-corrected chi connectivity index (χ1v) is 15.4. The highest BCUT2D eigenvalue weighted by Gasteiger charge is 2.35. The minimum atomic E-state index is -0.800.